The lowest BCUT2D eigenvalue weighted by atomic mass is 10.0. The smallest absolute Gasteiger partial charge is 0.385 e. The minimum atomic E-state index is -4.36. The second-order valence-corrected chi connectivity index (χ2v) is 6.72. The molecule has 0 saturated carbocycles. The van der Waals surface area contributed by atoms with Crippen molar-refractivity contribution in [3.8, 4) is 0 Å². The molecule has 0 spiro atoms. The molecular formula is C20H30F3N3O2. The lowest BCUT2D eigenvalue weighted by Crippen LogP contribution is -2.48. The van der Waals surface area contributed by atoms with Gasteiger partial charge in [-0.2, -0.15) is 13.2 Å². The number of nitrogens with zero attached hydrogens (tertiary/aromatic N) is 2. The van der Waals surface area contributed by atoms with Gasteiger partial charge >= 0.3 is 6.18 Å². The lowest BCUT2D eigenvalue weighted by Gasteiger charge is -2.35. The second-order valence-electron chi connectivity index (χ2n) is 6.72. The maximum absolute atomic E-state index is 13.0. The number of nitrogens with one attached hydrogen (secondary N) is 1. The van der Waals surface area contributed by atoms with Crippen LogP contribution in [0.5, 0.6) is 0 Å². The quantitative estimate of drug-likeness (QED) is 0.408. The molecular weight excluding hydrogens is 371 g/mol. The van der Waals surface area contributed by atoms with Gasteiger partial charge in [0, 0.05) is 33.4 Å². The standard InChI is InChI=1S/C20H30F3N3O2/c1-3-24-19(25-10-5-4-6-12-27-2)26-11-13-28-18(15-26)16-8-7-9-17(14-16)20(21,22)23/h7-9,14,18H,3-6,10-13,15H2,1-2H3,(H,24,25). The second kappa shape index (κ2) is 11.3. The number of guanidine groups is 1. The summed E-state index contributed by atoms with van der Waals surface area (Å²) in [5.74, 6) is 0.787. The van der Waals surface area contributed by atoms with Crippen molar-refractivity contribution in [3.05, 3.63) is 35.4 Å². The molecule has 28 heavy (non-hydrogen) atoms. The molecule has 2 rings (SSSR count). The third-order valence-electron chi connectivity index (χ3n) is 4.55. The first-order valence-corrected chi connectivity index (χ1v) is 9.76. The van der Waals surface area contributed by atoms with Gasteiger partial charge in [0.2, 0.25) is 0 Å². The molecule has 0 aromatic heterocycles. The SMILES string of the molecule is CCNC(=NCCCCCOC)N1CCOC(c2cccc(C(F)(F)F)c2)C1. The zero-order valence-corrected chi connectivity index (χ0v) is 16.6. The van der Waals surface area contributed by atoms with Gasteiger partial charge in [0.15, 0.2) is 5.96 Å². The molecule has 1 heterocycles. The molecule has 1 aliphatic heterocycles. The molecule has 8 heteroatoms. The Hall–Kier alpha value is -1.80. The fraction of sp³-hybridized carbons (Fsp3) is 0.650. The monoisotopic (exact) mass is 401 g/mol. The van der Waals surface area contributed by atoms with Crippen molar-refractivity contribution in [1.29, 1.82) is 0 Å². The van der Waals surface area contributed by atoms with Crippen molar-refractivity contribution >= 4 is 5.96 Å². The molecule has 1 aromatic rings. The summed E-state index contributed by atoms with van der Waals surface area (Å²) < 4.78 is 49.8. The number of halogens is 3. The first-order chi connectivity index (χ1) is 13.5. The highest BCUT2D eigenvalue weighted by Crippen LogP contribution is 2.32. The Bertz CT molecular complexity index is 623. The highest BCUT2D eigenvalue weighted by atomic mass is 19.4. The van der Waals surface area contributed by atoms with Gasteiger partial charge < -0.3 is 19.7 Å². The molecule has 1 N–H and O–H groups in total. The Morgan fingerprint density at radius 3 is 2.86 bits per heavy atom. The molecule has 1 fully saturated rings. The number of alkyl halides is 3. The van der Waals surface area contributed by atoms with E-state index in [-0.39, 0.29) is 0 Å². The van der Waals surface area contributed by atoms with Crippen molar-refractivity contribution < 1.29 is 22.6 Å². The first kappa shape index (κ1) is 22.5. The van der Waals surface area contributed by atoms with Crippen molar-refractivity contribution in [2.24, 2.45) is 4.99 Å². The molecule has 1 aromatic carbocycles. The minimum Gasteiger partial charge on any atom is -0.385 e. The third kappa shape index (κ3) is 6.98. The topological polar surface area (TPSA) is 46.1 Å². The molecule has 158 valence electrons. The van der Waals surface area contributed by atoms with Gasteiger partial charge in [0.1, 0.15) is 6.10 Å². The van der Waals surface area contributed by atoms with Crippen LogP contribution < -0.4 is 5.32 Å². The summed E-state index contributed by atoms with van der Waals surface area (Å²) in [7, 11) is 1.70. The molecule has 1 aliphatic rings. The molecule has 1 saturated heterocycles. The minimum absolute atomic E-state index is 0.415. The van der Waals surface area contributed by atoms with Crippen LogP contribution in [0.25, 0.3) is 0 Å². The predicted octanol–water partition coefficient (Wildman–Crippen LogP) is 3.86. The average molecular weight is 401 g/mol. The van der Waals surface area contributed by atoms with Crippen molar-refractivity contribution in [1.82, 2.24) is 10.2 Å². The van der Waals surface area contributed by atoms with Gasteiger partial charge in [-0.3, -0.25) is 4.99 Å². The highest BCUT2D eigenvalue weighted by molar-refractivity contribution is 5.80. The van der Waals surface area contributed by atoms with Gasteiger partial charge in [0.05, 0.1) is 18.7 Å². The maximum Gasteiger partial charge on any atom is 0.416 e. The maximum atomic E-state index is 13.0. The largest absolute Gasteiger partial charge is 0.416 e. The van der Waals surface area contributed by atoms with E-state index in [1.807, 2.05) is 6.92 Å². The van der Waals surface area contributed by atoms with Crippen LogP contribution >= 0.6 is 0 Å². The Kier molecular flexibility index (Phi) is 9.05. The number of ether oxygens (including phenoxy) is 2. The van der Waals surface area contributed by atoms with Crippen LogP contribution in [0.1, 0.15) is 43.4 Å². The van der Waals surface area contributed by atoms with Crippen LogP contribution in [0.4, 0.5) is 13.2 Å². The molecule has 0 aliphatic carbocycles. The lowest BCUT2D eigenvalue weighted by molar-refractivity contribution is -0.137. The number of hydrogen-bond donors (Lipinski definition) is 1. The van der Waals surface area contributed by atoms with Crippen LogP contribution in [0, 0.1) is 0 Å². The van der Waals surface area contributed by atoms with Crippen molar-refractivity contribution in [3.63, 3.8) is 0 Å². The van der Waals surface area contributed by atoms with Crippen LogP contribution in [0.2, 0.25) is 0 Å². The van der Waals surface area contributed by atoms with Gasteiger partial charge in [-0.25, -0.2) is 0 Å². The van der Waals surface area contributed by atoms with E-state index in [0.29, 0.717) is 31.8 Å². The van der Waals surface area contributed by atoms with Crippen LogP contribution in [0.15, 0.2) is 29.3 Å². The van der Waals surface area contributed by atoms with Crippen LogP contribution in [-0.4, -0.2) is 57.4 Å². The number of morpholine rings is 1. The number of rotatable bonds is 8. The number of hydrogen-bond acceptors (Lipinski definition) is 3. The van der Waals surface area contributed by atoms with Crippen molar-refractivity contribution in [2.75, 3.05) is 46.5 Å². The summed E-state index contributed by atoms with van der Waals surface area (Å²) in [6.45, 7) is 5.76. The fourth-order valence-corrected chi connectivity index (χ4v) is 3.10. The summed E-state index contributed by atoms with van der Waals surface area (Å²) in [5.41, 5.74) is -0.114. The van der Waals surface area contributed by atoms with Gasteiger partial charge in [-0.1, -0.05) is 12.1 Å². The van der Waals surface area contributed by atoms with Crippen molar-refractivity contribution in [2.45, 2.75) is 38.5 Å². The van der Waals surface area contributed by atoms with Crippen LogP contribution in [-0.2, 0) is 15.7 Å². The Morgan fingerprint density at radius 1 is 1.32 bits per heavy atom. The van der Waals surface area contributed by atoms with Gasteiger partial charge in [0.25, 0.3) is 0 Å². The first-order valence-electron chi connectivity index (χ1n) is 9.76. The average Bonchev–Trinajstić information content (AvgIpc) is 2.69. The summed E-state index contributed by atoms with van der Waals surface area (Å²) in [6, 6.07) is 5.37. The van der Waals surface area contributed by atoms with E-state index in [1.165, 1.54) is 12.1 Å². The molecule has 0 amide bonds. The van der Waals surface area contributed by atoms with E-state index < -0.39 is 17.8 Å². The predicted molar refractivity (Wildman–Crippen MR) is 103 cm³/mol. The number of aliphatic imine (C=N–C) groups is 1. The van der Waals surface area contributed by atoms with Gasteiger partial charge in [-0.05, 0) is 43.9 Å². The highest BCUT2D eigenvalue weighted by Gasteiger charge is 2.32. The number of benzene rings is 1. The molecule has 1 unspecified atom stereocenters. The zero-order valence-electron chi connectivity index (χ0n) is 16.6. The zero-order chi connectivity index (χ0) is 20.4. The van der Waals surface area contributed by atoms with E-state index >= 15 is 0 Å². The molecule has 0 radical (unpaired) electrons. The number of unbranched alkanes of at least 4 members (excludes halogenated alkanes) is 2. The van der Waals surface area contributed by atoms with Gasteiger partial charge in [-0.15, -0.1) is 0 Å². The Balaban J connectivity index is 2.01. The molecule has 0 bridgehead atoms. The normalized spacial score (nSPS) is 18.4. The summed E-state index contributed by atoms with van der Waals surface area (Å²) in [6.07, 6.45) is -1.74. The van der Waals surface area contributed by atoms with E-state index in [9.17, 15) is 13.2 Å². The van der Waals surface area contributed by atoms with E-state index in [2.05, 4.69) is 15.2 Å². The third-order valence-corrected chi connectivity index (χ3v) is 4.55. The Labute approximate surface area is 164 Å². The summed E-state index contributed by atoms with van der Waals surface area (Å²) in [4.78, 5) is 6.74. The van der Waals surface area contributed by atoms with E-state index in [1.54, 1.807) is 13.2 Å². The summed E-state index contributed by atoms with van der Waals surface area (Å²) in [5, 5.41) is 3.28. The summed E-state index contributed by atoms with van der Waals surface area (Å²) >= 11 is 0. The molecule has 5 nitrogen and oxygen atoms in total. The van der Waals surface area contributed by atoms with E-state index in [4.69, 9.17) is 9.47 Å². The number of methoxy groups -OCH3 is 1. The molecule has 1 atom stereocenters. The fourth-order valence-electron chi connectivity index (χ4n) is 3.10. The van der Waals surface area contributed by atoms with E-state index in [0.717, 1.165) is 44.4 Å². The van der Waals surface area contributed by atoms with Crippen LogP contribution in [0.3, 0.4) is 0 Å². The Morgan fingerprint density at radius 2 is 2.14 bits per heavy atom.